The minimum absolute atomic E-state index is 0.135. The number of hydrogen-bond donors (Lipinski definition) is 0. The lowest BCUT2D eigenvalue weighted by Crippen LogP contribution is -2.04. The van der Waals surface area contributed by atoms with E-state index in [1.54, 1.807) is 18.9 Å². The standard InChI is InChI=1S/C13H17BrO2S/c1-9(2)17-7-6-12(15)11-8-10(14)4-5-13(11)16-3/h4-5,8-9H,6-7H2,1-3H3. The molecule has 1 rings (SSSR count). The number of ether oxygens (including phenoxy) is 1. The summed E-state index contributed by atoms with van der Waals surface area (Å²) in [6, 6.07) is 5.51. The van der Waals surface area contributed by atoms with Gasteiger partial charge in [0.25, 0.3) is 0 Å². The average Bonchev–Trinajstić information content (AvgIpc) is 2.28. The Labute approximate surface area is 115 Å². The Morgan fingerprint density at radius 1 is 1.47 bits per heavy atom. The lowest BCUT2D eigenvalue weighted by atomic mass is 10.1. The molecular formula is C13H17BrO2S. The predicted molar refractivity (Wildman–Crippen MR) is 77.2 cm³/mol. The summed E-state index contributed by atoms with van der Waals surface area (Å²) in [6.45, 7) is 4.27. The van der Waals surface area contributed by atoms with Gasteiger partial charge in [-0.2, -0.15) is 11.8 Å². The fraction of sp³-hybridized carbons (Fsp3) is 0.462. The second-order valence-electron chi connectivity index (χ2n) is 3.94. The van der Waals surface area contributed by atoms with Crippen molar-refractivity contribution in [3.05, 3.63) is 28.2 Å². The molecule has 0 spiro atoms. The molecule has 0 heterocycles. The maximum absolute atomic E-state index is 12.0. The normalized spacial score (nSPS) is 10.6. The zero-order valence-corrected chi connectivity index (χ0v) is 12.7. The third-order valence-electron chi connectivity index (χ3n) is 2.24. The Balaban J connectivity index is 2.70. The van der Waals surface area contributed by atoms with E-state index in [-0.39, 0.29) is 5.78 Å². The summed E-state index contributed by atoms with van der Waals surface area (Å²) < 4.78 is 6.10. The van der Waals surface area contributed by atoms with Crippen molar-refractivity contribution in [3.63, 3.8) is 0 Å². The smallest absolute Gasteiger partial charge is 0.167 e. The largest absolute Gasteiger partial charge is 0.496 e. The van der Waals surface area contributed by atoms with Crippen LogP contribution in [0.3, 0.4) is 0 Å². The first-order valence-corrected chi connectivity index (χ1v) is 7.37. The van der Waals surface area contributed by atoms with Crippen LogP contribution in [0, 0.1) is 0 Å². The van der Waals surface area contributed by atoms with E-state index in [0.717, 1.165) is 10.2 Å². The van der Waals surface area contributed by atoms with Gasteiger partial charge in [-0.1, -0.05) is 29.8 Å². The van der Waals surface area contributed by atoms with Crippen molar-refractivity contribution in [2.24, 2.45) is 0 Å². The highest BCUT2D eigenvalue weighted by Crippen LogP contribution is 2.25. The van der Waals surface area contributed by atoms with E-state index in [4.69, 9.17) is 4.74 Å². The molecule has 0 aromatic heterocycles. The summed E-state index contributed by atoms with van der Waals surface area (Å²) >= 11 is 5.17. The summed E-state index contributed by atoms with van der Waals surface area (Å²) in [5.41, 5.74) is 0.659. The molecule has 2 nitrogen and oxygen atoms in total. The maximum atomic E-state index is 12.0. The predicted octanol–water partition coefficient (Wildman–Crippen LogP) is 4.17. The van der Waals surface area contributed by atoms with Crippen molar-refractivity contribution >= 4 is 33.5 Å². The molecule has 0 aliphatic rings. The number of carbonyl (C=O) groups is 1. The monoisotopic (exact) mass is 316 g/mol. The minimum atomic E-state index is 0.135. The van der Waals surface area contributed by atoms with Crippen LogP contribution in [-0.2, 0) is 0 Å². The van der Waals surface area contributed by atoms with Gasteiger partial charge in [-0.15, -0.1) is 0 Å². The maximum Gasteiger partial charge on any atom is 0.167 e. The summed E-state index contributed by atoms with van der Waals surface area (Å²) in [7, 11) is 1.59. The summed E-state index contributed by atoms with van der Waals surface area (Å²) in [5, 5.41) is 0.562. The van der Waals surface area contributed by atoms with Gasteiger partial charge in [0.1, 0.15) is 5.75 Å². The number of halogens is 1. The highest BCUT2D eigenvalue weighted by atomic mass is 79.9. The van der Waals surface area contributed by atoms with Gasteiger partial charge in [0.15, 0.2) is 5.78 Å². The SMILES string of the molecule is COc1ccc(Br)cc1C(=O)CCSC(C)C. The lowest BCUT2D eigenvalue weighted by molar-refractivity contribution is 0.0986. The first kappa shape index (κ1) is 14.6. The van der Waals surface area contributed by atoms with Crippen LogP contribution in [0.1, 0.15) is 30.6 Å². The molecular weight excluding hydrogens is 300 g/mol. The Kier molecular flexibility index (Phi) is 6.06. The lowest BCUT2D eigenvalue weighted by Gasteiger charge is -2.08. The van der Waals surface area contributed by atoms with Crippen LogP contribution in [-0.4, -0.2) is 23.9 Å². The quantitative estimate of drug-likeness (QED) is 0.737. The van der Waals surface area contributed by atoms with Crippen LogP contribution < -0.4 is 4.74 Å². The topological polar surface area (TPSA) is 26.3 Å². The van der Waals surface area contributed by atoms with Crippen molar-refractivity contribution in [2.75, 3.05) is 12.9 Å². The minimum Gasteiger partial charge on any atom is -0.496 e. The molecule has 0 aliphatic heterocycles. The van der Waals surface area contributed by atoms with Gasteiger partial charge < -0.3 is 4.74 Å². The number of carbonyl (C=O) groups excluding carboxylic acids is 1. The first-order valence-electron chi connectivity index (χ1n) is 5.53. The molecule has 0 saturated carbocycles. The van der Waals surface area contributed by atoms with Gasteiger partial charge in [0.2, 0.25) is 0 Å². The third kappa shape index (κ3) is 4.72. The highest BCUT2D eigenvalue weighted by molar-refractivity contribution is 9.10. The molecule has 0 aliphatic carbocycles. The van der Waals surface area contributed by atoms with E-state index in [1.807, 2.05) is 18.2 Å². The number of hydrogen-bond acceptors (Lipinski definition) is 3. The molecule has 0 fully saturated rings. The molecule has 4 heteroatoms. The van der Waals surface area contributed by atoms with E-state index < -0.39 is 0 Å². The summed E-state index contributed by atoms with van der Waals surface area (Å²) in [5.74, 6) is 1.63. The Morgan fingerprint density at radius 2 is 2.18 bits per heavy atom. The highest BCUT2D eigenvalue weighted by Gasteiger charge is 2.12. The Morgan fingerprint density at radius 3 is 2.76 bits per heavy atom. The van der Waals surface area contributed by atoms with E-state index in [1.165, 1.54) is 0 Å². The Hall–Kier alpha value is -0.480. The average molecular weight is 317 g/mol. The van der Waals surface area contributed by atoms with E-state index in [0.29, 0.717) is 23.0 Å². The number of Topliss-reactive ketones (excluding diaryl/α,β-unsaturated/α-hetero) is 1. The molecule has 94 valence electrons. The van der Waals surface area contributed by atoms with Crippen LogP contribution >= 0.6 is 27.7 Å². The van der Waals surface area contributed by atoms with E-state index in [2.05, 4.69) is 29.8 Å². The third-order valence-corrected chi connectivity index (χ3v) is 3.84. The van der Waals surface area contributed by atoms with Crippen molar-refractivity contribution in [1.82, 2.24) is 0 Å². The summed E-state index contributed by atoms with van der Waals surface area (Å²) in [4.78, 5) is 12.0. The zero-order chi connectivity index (χ0) is 12.8. The number of thioether (sulfide) groups is 1. The van der Waals surface area contributed by atoms with Gasteiger partial charge in [-0.05, 0) is 23.4 Å². The molecule has 0 N–H and O–H groups in total. The fourth-order valence-electron chi connectivity index (χ4n) is 1.42. The Bertz CT molecular complexity index is 391. The second-order valence-corrected chi connectivity index (χ2v) is 6.54. The van der Waals surface area contributed by atoms with E-state index >= 15 is 0 Å². The van der Waals surface area contributed by atoms with Crippen LogP contribution in [0.4, 0.5) is 0 Å². The van der Waals surface area contributed by atoms with Gasteiger partial charge in [0, 0.05) is 16.6 Å². The molecule has 17 heavy (non-hydrogen) atoms. The molecule has 0 saturated heterocycles. The van der Waals surface area contributed by atoms with E-state index in [9.17, 15) is 4.79 Å². The molecule has 1 aromatic carbocycles. The van der Waals surface area contributed by atoms with Crippen molar-refractivity contribution in [1.29, 1.82) is 0 Å². The molecule has 0 amide bonds. The molecule has 1 aromatic rings. The van der Waals surface area contributed by atoms with Crippen molar-refractivity contribution < 1.29 is 9.53 Å². The number of methoxy groups -OCH3 is 1. The van der Waals surface area contributed by atoms with Crippen LogP contribution in [0.15, 0.2) is 22.7 Å². The van der Waals surface area contributed by atoms with Gasteiger partial charge in [-0.25, -0.2) is 0 Å². The molecule has 0 atom stereocenters. The van der Waals surface area contributed by atoms with Crippen LogP contribution in [0.5, 0.6) is 5.75 Å². The molecule has 0 radical (unpaired) electrons. The molecule has 0 unspecified atom stereocenters. The number of benzene rings is 1. The number of rotatable bonds is 6. The zero-order valence-electron chi connectivity index (χ0n) is 10.3. The van der Waals surface area contributed by atoms with Gasteiger partial charge >= 0.3 is 0 Å². The van der Waals surface area contributed by atoms with Gasteiger partial charge in [-0.3, -0.25) is 4.79 Å². The first-order chi connectivity index (χ1) is 8.04. The number of ketones is 1. The second kappa shape index (κ2) is 7.07. The van der Waals surface area contributed by atoms with Crippen molar-refractivity contribution in [2.45, 2.75) is 25.5 Å². The van der Waals surface area contributed by atoms with Crippen LogP contribution in [0.2, 0.25) is 0 Å². The van der Waals surface area contributed by atoms with Crippen molar-refractivity contribution in [3.8, 4) is 5.75 Å². The summed E-state index contributed by atoms with van der Waals surface area (Å²) in [6.07, 6.45) is 0.551. The molecule has 0 bridgehead atoms. The van der Waals surface area contributed by atoms with Gasteiger partial charge in [0.05, 0.1) is 12.7 Å². The van der Waals surface area contributed by atoms with Crippen LogP contribution in [0.25, 0.3) is 0 Å². The fourth-order valence-corrected chi connectivity index (χ4v) is 2.56.